The molecular formula is C9H13NO3. The van der Waals surface area contributed by atoms with Crippen LogP contribution in [-0.4, -0.2) is 34.0 Å². The van der Waals surface area contributed by atoms with Gasteiger partial charge in [0.15, 0.2) is 0 Å². The van der Waals surface area contributed by atoms with E-state index in [1.807, 2.05) is 0 Å². The number of carbonyl (C=O) groups is 2. The summed E-state index contributed by atoms with van der Waals surface area (Å²) in [5, 5.41) is 9.12. The molecule has 4 heteroatoms. The molecule has 1 heterocycles. The van der Waals surface area contributed by atoms with Crippen LogP contribution in [0.2, 0.25) is 0 Å². The van der Waals surface area contributed by atoms with Gasteiger partial charge in [-0.25, -0.2) is 4.79 Å². The molecule has 0 radical (unpaired) electrons. The van der Waals surface area contributed by atoms with Gasteiger partial charge in [0.2, 0.25) is 5.91 Å². The fourth-order valence-electron chi connectivity index (χ4n) is 2.68. The second kappa shape index (κ2) is 2.47. The number of nitrogens with zero attached hydrogens (tertiary/aromatic N) is 1. The number of rotatable bonds is 1. The minimum atomic E-state index is -0.828. The highest BCUT2D eigenvalue weighted by Gasteiger charge is 2.61. The van der Waals surface area contributed by atoms with Crippen LogP contribution in [0.25, 0.3) is 0 Å². The third-order valence-corrected chi connectivity index (χ3v) is 3.48. The number of carboxylic acids is 1. The van der Waals surface area contributed by atoms with Crippen LogP contribution in [-0.2, 0) is 9.59 Å². The van der Waals surface area contributed by atoms with Crippen molar-refractivity contribution in [3.8, 4) is 0 Å². The maximum atomic E-state index is 11.2. The van der Waals surface area contributed by atoms with E-state index in [0.717, 1.165) is 12.8 Å². The van der Waals surface area contributed by atoms with Gasteiger partial charge in [-0.1, -0.05) is 0 Å². The first kappa shape index (κ1) is 8.53. The van der Waals surface area contributed by atoms with E-state index < -0.39 is 11.5 Å². The van der Waals surface area contributed by atoms with E-state index in [4.69, 9.17) is 5.11 Å². The molecule has 0 aromatic carbocycles. The lowest BCUT2D eigenvalue weighted by atomic mass is 9.67. The Morgan fingerprint density at radius 2 is 2.15 bits per heavy atom. The highest BCUT2D eigenvalue weighted by Crippen LogP contribution is 2.50. The lowest BCUT2D eigenvalue weighted by Gasteiger charge is -2.45. The van der Waals surface area contributed by atoms with Crippen LogP contribution in [0.15, 0.2) is 0 Å². The zero-order valence-corrected chi connectivity index (χ0v) is 7.62. The fourth-order valence-corrected chi connectivity index (χ4v) is 2.68. The van der Waals surface area contributed by atoms with Crippen LogP contribution in [0.5, 0.6) is 0 Å². The minimum Gasteiger partial charge on any atom is -0.479 e. The second-order valence-electron chi connectivity index (χ2n) is 3.92. The Bertz CT molecular complexity index is 276. The average Bonchev–Trinajstić information content (AvgIpc) is 2.23. The first-order valence-corrected chi connectivity index (χ1v) is 4.60. The predicted octanol–water partition coefficient (Wildman–Crippen LogP) is 0.472. The topological polar surface area (TPSA) is 57.6 Å². The van der Waals surface area contributed by atoms with Crippen molar-refractivity contribution in [2.75, 3.05) is 6.54 Å². The molecule has 0 spiro atoms. The molecule has 2 unspecified atom stereocenters. The molecule has 0 bridgehead atoms. The van der Waals surface area contributed by atoms with Gasteiger partial charge < -0.3 is 10.0 Å². The summed E-state index contributed by atoms with van der Waals surface area (Å²) in [6.45, 7) is 2.07. The number of likely N-dealkylation sites (tertiary alicyclic amines) is 1. The van der Waals surface area contributed by atoms with E-state index in [-0.39, 0.29) is 11.8 Å². The smallest absolute Gasteiger partial charge is 0.329 e. The molecule has 2 rings (SSSR count). The summed E-state index contributed by atoms with van der Waals surface area (Å²) in [5.74, 6) is -0.727. The Morgan fingerprint density at radius 1 is 1.46 bits per heavy atom. The Balaban J connectivity index is 2.31. The van der Waals surface area contributed by atoms with Crippen molar-refractivity contribution in [3.05, 3.63) is 0 Å². The minimum absolute atomic E-state index is 0.107. The Labute approximate surface area is 76.5 Å². The summed E-state index contributed by atoms with van der Waals surface area (Å²) >= 11 is 0. The SMILES string of the molecule is CC(=O)N1CCC2CCC21C(=O)O. The molecule has 1 saturated carbocycles. The van der Waals surface area contributed by atoms with Gasteiger partial charge in [0, 0.05) is 13.5 Å². The first-order valence-electron chi connectivity index (χ1n) is 4.60. The van der Waals surface area contributed by atoms with Crippen LogP contribution >= 0.6 is 0 Å². The number of amides is 1. The number of carbonyl (C=O) groups excluding carboxylic acids is 1. The molecule has 4 nitrogen and oxygen atoms in total. The van der Waals surface area contributed by atoms with Crippen LogP contribution in [0.1, 0.15) is 26.2 Å². The zero-order valence-electron chi connectivity index (χ0n) is 7.62. The number of aliphatic carboxylic acids is 1. The van der Waals surface area contributed by atoms with E-state index in [9.17, 15) is 9.59 Å². The molecule has 13 heavy (non-hydrogen) atoms. The van der Waals surface area contributed by atoms with Crippen molar-refractivity contribution < 1.29 is 14.7 Å². The summed E-state index contributed by atoms with van der Waals surface area (Å²) in [5.41, 5.74) is -0.828. The van der Waals surface area contributed by atoms with E-state index in [0.29, 0.717) is 13.0 Å². The van der Waals surface area contributed by atoms with Crippen molar-refractivity contribution in [2.45, 2.75) is 31.7 Å². The van der Waals surface area contributed by atoms with Gasteiger partial charge in [0.25, 0.3) is 0 Å². The molecule has 0 aromatic rings. The molecule has 72 valence electrons. The Hall–Kier alpha value is -1.06. The van der Waals surface area contributed by atoms with Gasteiger partial charge in [-0.05, 0) is 25.2 Å². The van der Waals surface area contributed by atoms with Gasteiger partial charge in [0.05, 0.1) is 0 Å². The lowest BCUT2D eigenvalue weighted by molar-refractivity contribution is -0.165. The third-order valence-electron chi connectivity index (χ3n) is 3.48. The summed E-state index contributed by atoms with van der Waals surface area (Å²) in [4.78, 5) is 23.8. The number of fused-ring (bicyclic) bond motifs is 1. The van der Waals surface area contributed by atoms with E-state index in [1.54, 1.807) is 0 Å². The Morgan fingerprint density at radius 3 is 2.46 bits per heavy atom. The van der Waals surface area contributed by atoms with Crippen LogP contribution in [0.3, 0.4) is 0 Å². The van der Waals surface area contributed by atoms with Crippen molar-refractivity contribution in [3.63, 3.8) is 0 Å². The van der Waals surface area contributed by atoms with Gasteiger partial charge in [-0.15, -0.1) is 0 Å². The van der Waals surface area contributed by atoms with Gasteiger partial charge in [-0.2, -0.15) is 0 Å². The summed E-state index contributed by atoms with van der Waals surface area (Å²) in [6, 6.07) is 0. The van der Waals surface area contributed by atoms with Crippen molar-refractivity contribution >= 4 is 11.9 Å². The summed E-state index contributed by atoms with van der Waals surface area (Å²) in [7, 11) is 0. The molecule has 1 amide bonds. The molecule has 0 aromatic heterocycles. The average molecular weight is 183 g/mol. The zero-order chi connectivity index (χ0) is 9.64. The van der Waals surface area contributed by atoms with Crippen molar-refractivity contribution in [2.24, 2.45) is 5.92 Å². The van der Waals surface area contributed by atoms with Gasteiger partial charge >= 0.3 is 5.97 Å². The first-order chi connectivity index (χ1) is 6.09. The van der Waals surface area contributed by atoms with E-state index in [1.165, 1.54) is 11.8 Å². The molecule has 1 aliphatic heterocycles. The predicted molar refractivity (Wildman–Crippen MR) is 45.1 cm³/mol. The summed E-state index contributed by atoms with van der Waals surface area (Å²) < 4.78 is 0. The van der Waals surface area contributed by atoms with Crippen LogP contribution < -0.4 is 0 Å². The molecule has 1 saturated heterocycles. The second-order valence-corrected chi connectivity index (χ2v) is 3.92. The molecule has 2 atom stereocenters. The largest absolute Gasteiger partial charge is 0.479 e. The van der Waals surface area contributed by atoms with Crippen molar-refractivity contribution in [1.29, 1.82) is 0 Å². The van der Waals surface area contributed by atoms with Gasteiger partial charge in [-0.3, -0.25) is 4.79 Å². The number of carboxylic acid groups (broad SMARTS) is 1. The highest BCUT2D eigenvalue weighted by atomic mass is 16.4. The molecule has 1 aliphatic carbocycles. The van der Waals surface area contributed by atoms with Crippen LogP contribution in [0.4, 0.5) is 0 Å². The number of hydrogen-bond donors (Lipinski definition) is 1. The summed E-state index contributed by atoms with van der Waals surface area (Å²) in [6.07, 6.45) is 2.44. The maximum absolute atomic E-state index is 11.2. The lowest BCUT2D eigenvalue weighted by Crippen LogP contribution is -2.61. The molecule has 2 fully saturated rings. The standard InChI is InChI=1S/C9H13NO3/c1-6(11)10-5-3-7-2-4-9(7,10)8(12)13/h7H,2-5H2,1H3,(H,12,13). The quantitative estimate of drug-likeness (QED) is 0.643. The monoisotopic (exact) mass is 183 g/mol. The molecule has 1 N–H and O–H groups in total. The normalized spacial score (nSPS) is 36.7. The van der Waals surface area contributed by atoms with E-state index >= 15 is 0 Å². The molecular weight excluding hydrogens is 170 g/mol. The maximum Gasteiger partial charge on any atom is 0.329 e. The molecule has 2 aliphatic rings. The fraction of sp³-hybridized carbons (Fsp3) is 0.778. The Kier molecular flexibility index (Phi) is 1.62. The number of hydrogen-bond acceptors (Lipinski definition) is 2. The third kappa shape index (κ3) is 0.857. The van der Waals surface area contributed by atoms with Gasteiger partial charge in [0.1, 0.15) is 5.54 Å². The highest BCUT2D eigenvalue weighted by molar-refractivity contribution is 5.88. The van der Waals surface area contributed by atoms with Crippen molar-refractivity contribution in [1.82, 2.24) is 4.90 Å². The van der Waals surface area contributed by atoms with E-state index in [2.05, 4.69) is 0 Å². The van der Waals surface area contributed by atoms with Crippen LogP contribution in [0, 0.1) is 5.92 Å².